The molecule has 21 heavy (non-hydrogen) atoms. The monoisotopic (exact) mass is 286 g/mol. The first kappa shape index (κ1) is 14.4. The molecule has 0 bridgehead atoms. The van der Waals surface area contributed by atoms with E-state index in [1.165, 1.54) is 18.2 Å². The van der Waals surface area contributed by atoms with Crippen LogP contribution in [-0.2, 0) is 0 Å². The van der Waals surface area contributed by atoms with E-state index in [1.807, 2.05) is 6.92 Å². The lowest BCUT2D eigenvalue weighted by molar-refractivity contribution is -0.383. The first-order chi connectivity index (χ1) is 10.0. The van der Waals surface area contributed by atoms with Gasteiger partial charge < -0.3 is 10.6 Å². The highest BCUT2D eigenvalue weighted by Gasteiger charge is 2.16. The Morgan fingerprint density at radius 1 is 1.29 bits per heavy atom. The fourth-order valence-electron chi connectivity index (χ4n) is 1.86. The molecule has 0 radical (unpaired) electrons. The summed E-state index contributed by atoms with van der Waals surface area (Å²) in [5, 5.41) is 16.3. The van der Waals surface area contributed by atoms with Crippen LogP contribution < -0.4 is 10.6 Å². The van der Waals surface area contributed by atoms with Gasteiger partial charge in [-0.3, -0.25) is 19.9 Å². The van der Waals surface area contributed by atoms with Gasteiger partial charge in [0.15, 0.2) is 0 Å². The van der Waals surface area contributed by atoms with E-state index in [9.17, 15) is 14.9 Å². The Morgan fingerprint density at radius 3 is 2.67 bits per heavy atom. The highest BCUT2D eigenvalue weighted by molar-refractivity contribution is 6.05. The number of rotatable bonds is 4. The van der Waals surface area contributed by atoms with Crippen LogP contribution in [0.4, 0.5) is 17.1 Å². The van der Waals surface area contributed by atoms with Crippen molar-refractivity contribution >= 4 is 23.0 Å². The number of carbonyl (C=O) groups is 1. The highest BCUT2D eigenvalue weighted by atomic mass is 16.6. The number of anilines is 2. The van der Waals surface area contributed by atoms with Crippen molar-refractivity contribution in [3.05, 3.63) is 57.9 Å². The maximum atomic E-state index is 12.1. The summed E-state index contributed by atoms with van der Waals surface area (Å²) in [7, 11) is 1.57. The summed E-state index contributed by atoms with van der Waals surface area (Å²) in [6, 6.07) is 7.58. The summed E-state index contributed by atoms with van der Waals surface area (Å²) in [6.45, 7) is 1.82. The number of carbonyl (C=O) groups excluding carboxylic acids is 1. The fourth-order valence-corrected chi connectivity index (χ4v) is 1.86. The summed E-state index contributed by atoms with van der Waals surface area (Å²) >= 11 is 0. The van der Waals surface area contributed by atoms with Crippen LogP contribution in [0.1, 0.15) is 16.1 Å². The Bertz CT molecular complexity index is 700. The van der Waals surface area contributed by atoms with Crippen LogP contribution in [0, 0.1) is 17.0 Å². The molecule has 108 valence electrons. The number of benzene rings is 1. The van der Waals surface area contributed by atoms with Gasteiger partial charge in [0.1, 0.15) is 5.69 Å². The summed E-state index contributed by atoms with van der Waals surface area (Å²) < 4.78 is 0. The topological polar surface area (TPSA) is 97.2 Å². The Labute approximate surface area is 121 Å². The molecule has 2 rings (SSSR count). The zero-order valence-corrected chi connectivity index (χ0v) is 11.6. The zero-order valence-electron chi connectivity index (χ0n) is 11.6. The summed E-state index contributed by atoms with van der Waals surface area (Å²) in [4.78, 5) is 26.5. The molecular formula is C14H14N4O3. The SMILES string of the molecule is CNc1cc(C(=O)Nc2ccnc(C)c2)ccc1[N+](=O)[O-]. The number of hydrogen-bond acceptors (Lipinski definition) is 5. The number of nitrogens with one attached hydrogen (secondary N) is 2. The van der Waals surface area contributed by atoms with Crippen molar-refractivity contribution in [1.29, 1.82) is 0 Å². The van der Waals surface area contributed by atoms with E-state index in [0.717, 1.165) is 5.69 Å². The fraction of sp³-hybridized carbons (Fsp3) is 0.143. The molecule has 0 atom stereocenters. The van der Waals surface area contributed by atoms with E-state index in [4.69, 9.17) is 0 Å². The molecule has 1 amide bonds. The van der Waals surface area contributed by atoms with Crippen molar-refractivity contribution in [2.75, 3.05) is 17.7 Å². The van der Waals surface area contributed by atoms with Gasteiger partial charge in [-0.25, -0.2) is 0 Å². The molecule has 2 aromatic rings. The average Bonchev–Trinajstić information content (AvgIpc) is 2.46. The number of nitrogens with zero attached hydrogens (tertiary/aromatic N) is 2. The quantitative estimate of drug-likeness (QED) is 0.665. The van der Waals surface area contributed by atoms with E-state index >= 15 is 0 Å². The second kappa shape index (κ2) is 6.00. The number of hydrogen-bond donors (Lipinski definition) is 2. The molecule has 0 aliphatic rings. The lowest BCUT2D eigenvalue weighted by Crippen LogP contribution is -2.12. The molecule has 0 unspecified atom stereocenters. The van der Waals surface area contributed by atoms with E-state index in [0.29, 0.717) is 16.9 Å². The highest BCUT2D eigenvalue weighted by Crippen LogP contribution is 2.25. The predicted molar refractivity (Wildman–Crippen MR) is 79.6 cm³/mol. The van der Waals surface area contributed by atoms with Crippen LogP contribution in [0.2, 0.25) is 0 Å². The largest absolute Gasteiger partial charge is 0.383 e. The van der Waals surface area contributed by atoms with E-state index in [-0.39, 0.29) is 11.6 Å². The molecule has 0 aliphatic carbocycles. The third kappa shape index (κ3) is 3.33. The van der Waals surface area contributed by atoms with Crippen molar-refractivity contribution in [2.24, 2.45) is 0 Å². The molecule has 0 saturated carbocycles. The molecule has 1 aromatic carbocycles. The smallest absolute Gasteiger partial charge is 0.292 e. The van der Waals surface area contributed by atoms with Gasteiger partial charge in [-0.2, -0.15) is 0 Å². The van der Waals surface area contributed by atoms with Gasteiger partial charge in [0, 0.05) is 36.3 Å². The van der Waals surface area contributed by atoms with E-state index < -0.39 is 4.92 Å². The van der Waals surface area contributed by atoms with Gasteiger partial charge in [0.2, 0.25) is 0 Å². The standard InChI is InChI=1S/C14H14N4O3/c1-9-7-11(5-6-16-9)17-14(19)10-3-4-13(18(20)21)12(8-10)15-2/h3-8,15H,1-2H3,(H,16,17,19). The third-order valence-corrected chi connectivity index (χ3v) is 2.88. The summed E-state index contributed by atoms with van der Waals surface area (Å²) in [6.07, 6.45) is 1.60. The second-order valence-corrected chi connectivity index (χ2v) is 4.38. The van der Waals surface area contributed by atoms with Gasteiger partial charge >= 0.3 is 0 Å². The number of pyridine rings is 1. The minimum Gasteiger partial charge on any atom is -0.383 e. The van der Waals surface area contributed by atoms with Crippen molar-refractivity contribution in [3.63, 3.8) is 0 Å². The first-order valence-electron chi connectivity index (χ1n) is 6.21. The van der Waals surface area contributed by atoms with Crippen LogP contribution in [0.15, 0.2) is 36.5 Å². The van der Waals surface area contributed by atoms with Gasteiger partial charge in [0.25, 0.3) is 11.6 Å². The van der Waals surface area contributed by atoms with Crippen molar-refractivity contribution < 1.29 is 9.72 Å². The van der Waals surface area contributed by atoms with Crippen LogP contribution >= 0.6 is 0 Å². The van der Waals surface area contributed by atoms with Crippen molar-refractivity contribution in [2.45, 2.75) is 6.92 Å². The van der Waals surface area contributed by atoms with E-state index in [1.54, 1.807) is 25.4 Å². The molecule has 7 heteroatoms. The minimum atomic E-state index is -0.500. The van der Waals surface area contributed by atoms with E-state index in [2.05, 4.69) is 15.6 Å². The van der Waals surface area contributed by atoms with Gasteiger partial charge in [-0.05, 0) is 31.2 Å². The number of amides is 1. The summed E-state index contributed by atoms with van der Waals surface area (Å²) in [5.74, 6) is -0.341. The second-order valence-electron chi connectivity index (χ2n) is 4.38. The van der Waals surface area contributed by atoms with Crippen LogP contribution in [-0.4, -0.2) is 22.9 Å². The number of aromatic nitrogens is 1. The third-order valence-electron chi connectivity index (χ3n) is 2.88. The van der Waals surface area contributed by atoms with Crippen LogP contribution in [0.25, 0.3) is 0 Å². The lowest BCUT2D eigenvalue weighted by Gasteiger charge is -2.08. The number of nitro benzene ring substituents is 1. The van der Waals surface area contributed by atoms with Crippen molar-refractivity contribution in [1.82, 2.24) is 4.98 Å². The molecular weight excluding hydrogens is 272 g/mol. The molecule has 7 nitrogen and oxygen atoms in total. The van der Waals surface area contributed by atoms with Gasteiger partial charge in [-0.1, -0.05) is 0 Å². The molecule has 2 N–H and O–H groups in total. The van der Waals surface area contributed by atoms with Gasteiger partial charge in [0.05, 0.1) is 4.92 Å². The molecule has 0 saturated heterocycles. The predicted octanol–water partition coefficient (Wildman–Crippen LogP) is 2.59. The maximum Gasteiger partial charge on any atom is 0.292 e. The Kier molecular flexibility index (Phi) is 4.13. The molecule has 1 heterocycles. The average molecular weight is 286 g/mol. The van der Waals surface area contributed by atoms with Crippen LogP contribution in [0.5, 0.6) is 0 Å². The molecule has 0 fully saturated rings. The normalized spacial score (nSPS) is 10.0. The molecule has 0 aliphatic heterocycles. The van der Waals surface area contributed by atoms with Crippen molar-refractivity contribution in [3.8, 4) is 0 Å². The Morgan fingerprint density at radius 2 is 2.05 bits per heavy atom. The zero-order chi connectivity index (χ0) is 15.4. The number of aryl methyl sites for hydroxylation is 1. The summed E-state index contributed by atoms with van der Waals surface area (Å²) in [5.41, 5.74) is 1.95. The number of nitro groups is 1. The minimum absolute atomic E-state index is 0.0752. The molecule has 1 aromatic heterocycles. The maximum absolute atomic E-state index is 12.1. The van der Waals surface area contributed by atoms with Gasteiger partial charge in [-0.15, -0.1) is 0 Å². The van der Waals surface area contributed by atoms with Crippen LogP contribution in [0.3, 0.4) is 0 Å². The Hall–Kier alpha value is -2.96. The lowest BCUT2D eigenvalue weighted by atomic mass is 10.1. The first-order valence-corrected chi connectivity index (χ1v) is 6.21. The Balaban J connectivity index is 2.25. The molecule has 0 spiro atoms.